The summed E-state index contributed by atoms with van der Waals surface area (Å²) in [6.45, 7) is 9.34. The molecule has 4 nitrogen and oxygen atoms in total. The molecule has 1 aliphatic rings. The lowest BCUT2D eigenvalue weighted by atomic mass is 10.0. The first-order chi connectivity index (χ1) is 5.25. The third-order valence-electron chi connectivity index (χ3n) is 1.74. The van der Waals surface area contributed by atoms with E-state index in [9.17, 15) is 4.79 Å². The Morgan fingerprint density at radius 2 is 1.83 bits per heavy atom. The Balaban J connectivity index is 2.90. The van der Waals surface area contributed by atoms with Crippen molar-refractivity contribution in [2.24, 2.45) is 10.3 Å². The first-order valence-electron chi connectivity index (χ1n) is 4.02. The van der Waals surface area contributed by atoms with Gasteiger partial charge in [0.2, 0.25) is 0 Å². The molecule has 1 rings (SSSR count). The van der Waals surface area contributed by atoms with E-state index in [1.807, 2.05) is 20.8 Å². The first kappa shape index (κ1) is 9.16. The molecule has 0 saturated carbocycles. The molecule has 0 radical (unpaired) electrons. The monoisotopic (exact) mass is 169 g/mol. The van der Waals surface area contributed by atoms with E-state index in [2.05, 4.69) is 10.3 Å². The van der Waals surface area contributed by atoms with Gasteiger partial charge in [-0.25, -0.2) is 5.01 Å². The highest BCUT2D eigenvalue weighted by molar-refractivity contribution is 5.87. The van der Waals surface area contributed by atoms with Crippen LogP contribution in [0.1, 0.15) is 34.6 Å². The molecule has 0 unspecified atom stereocenters. The highest BCUT2D eigenvalue weighted by Gasteiger charge is 2.42. The van der Waals surface area contributed by atoms with Gasteiger partial charge >= 0.3 is 0 Å². The van der Waals surface area contributed by atoms with Gasteiger partial charge in [-0.05, 0) is 34.6 Å². The quantitative estimate of drug-likeness (QED) is 0.545. The van der Waals surface area contributed by atoms with Crippen LogP contribution in [0.4, 0.5) is 0 Å². The van der Waals surface area contributed by atoms with Gasteiger partial charge in [-0.1, -0.05) is 5.22 Å². The van der Waals surface area contributed by atoms with Crippen LogP contribution in [0.5, 0.6) is 0 Å². The molecule has 0 aromatic heterocycles. The van der Waals surface area contributed by atoms with Gasteiger partial charge in [-0.15, -0.1) is 0 Å². The van der Waals surface area contributed by atoms with Crippen molar-refractivity contribution in [2.75, 3.05) is 0 Å². The lowest BCUT2D eigenvalue weighted by Crippen LogP contribution is -2.45. The number of nitrogens with zero attached hydrogens (tertiary/aromatic N) is 3. The van der Waals surface area contributed by atoms with E-state index in [1.54, 1.807) is 13.8 Å². The molecule has 0 fully saturated rings. The average molecular weight is 169 g/mol. The second kappa shape index (κ2) is 2.28. The second-order valence-electron chi connectivity index (χ2n) is 4.54. The Bertz CT molecular complexity index is 237. The zero-order valence-electron chi connectivity index (χ0n) is 8.25. The Hall–Kier alpha value is -0.930. The van der Waals surface area contributed by atoms with Crippen molar-refractivity contribution < 1.29 is 4.79 Å². The van der Waals surface area contributed by atoms with E-state index in [-0.39, 0.29) is 11.4 Å². The van der Waals surface area contributed by atoms with E-state index in [0.717, 1.165) is 0 Å². The number of carbonyl (C=O) groups excluding carboxylic acids is 1. The van der Waals surface area contributed by atoms with Crippen LogP contribution >= 0.6 is 0 Å². The van der Waals surface area contributed by atoms with Crippen LogP contribution in [0.3, 0.4) is 0 Å². The van der Waals surface area contributed by atoms with Gasteiger partial charge < -0.3 is 0 Å². The van der Waals surface area contributed by atoms with Crippen LogP contribution in [0.15, 0.2) is 10.3 Å². The maximum absolute atomic E-state index is 11.6. The van der Waals surface area contributed by atoms with E-state index in [1.165, 1.54) is 5.01 Å². The second-order valence-corrected chi connectivity index (χ2v) is 4.54. The van der Waals surface area contributed by atoms with Gasteiger partial charge in [0.25, 0.3) is 5.91 Å². The summed E-state index contributed by atoms with van der Waals surface area (Å²) in [7, 11) is 0. The number of rotatable bonds is 0. The summed E-state index contributed by atoms with van der Waals surface area (Å²) in [5, 5.41) is 9.19. The molecule has 0 bridgehead atoms. The number of hydrogen-bond donors (Lipinski definition) is 0. The molecule has 1 heterocycles. The van der Waals surface area contributed by atoms with Crippen molar-refractivity contribution in [1.29, 1.82) is 0 Å². The van der Waals surface area contributed by atoms with Crippen molar-refractivity contribution in [2.45, 2.75) is 45.7 Å². The molecule has 68 valence electrons. The summed E-state index contributed by atoms with van der Waals surface area (Å²) in [5.74, 6) is -0.0324. The summed E-state index contributed by atoms with van der Waals surface area (Å²) >= 11 is 0. The normalized spacial score (nSPS) is 22.1. The van der Waals surface area contributed by atoms with Crippen LogP contribution in [0, 0.1) is 0 Å². The highest BCUT2D eigenvalue weighted by atomic mass is 16.2. The highest BCUT2D eigenvalue weighted by Crippen LogP contribution is 2.27. The van der Waals surface area contributed by atoms with Gasteiger partial charge in [-0.3, -0.25) is 4.79 Å². The van der Waals surface area contributed by atoms with Crippen LogP contribution in [0.2, 0.25) is 0 Å². The molecule has 1 aliphatic heterocycles. The van der Waals surface area contributed by atoms with Gasteiger partial charge in [-0.2, -0.15) is 5.11 Å². The molecule has 0 aliphatic carbocycles. The van der Waals surface area contributed by atoms with E-state index >= 15 is 0 Å². The van der Waals surface area contributed by atoms with Gasteiger partial charge in [0.05, 0.1) is 5.54 Å². The first-order valence-corrected chi connectivity index (χ1v) is 4.02. The minimum atomic E-state index is -0.673. The van der Waals surface area contributed by atoms with Crippen molar-refractivity contribution in [1.82, 2.24) is 5.01 Å². The summed E-state index contributed by atoms with van der Waals surface area (Å²) in [6.07, 6.45) is 0. The molecular weight excluding hydrogens is 154 g/mol. The number of hydrogen-bond acceptors (Lipinski definition) is 3. The SMILES string of the molecule is CC1(C)N=NN(C(C)(C)C)C1=O. The minimum absolute atomic E-state index is 0.0324. The van der Waals surface area contributed by atoms with Gasteiger partial charge in [0, 0.05) is 0 Å². The van der Waals surface area contributed by atoms with Crippen molar-refractivity contribution in [3.05, 3.63) is 0 Å². The lowest BCUT2D eigenvalue weighted by Gasteiger charge is -2.27. The maximum atomic E-state index is 11.6. The average Bonchev–Trinajstić information content (AvgIpc) is 2.06. The van der Waals surface area contributed by atoms with Gasteiger partial charge in [0.1, 0.15) is 0 Å². The fourth-order valence-corrected chi connectivity index (χ4v) is 0.938. The summed E-state index contributed by atoms with van der Waals surface area (Å²) in [4.78, 5) is 11.6. The molecule has 4 heteroatoms. The summed E-state index contributed by atoms with van der Waals surface area (Å²) < 4.78 is 0. The van der Waals surface area contributed by atoms with Crippen LogP contribution in [0.25, 0.3) is 0 Å². The smallest absolute Gasteiger partial charge is 0.270 e. The van der Waals surface area contributed by atoms with E-state index in [0.29, 0.717) is 0 Å². The van der Waals surface area contributed by atoms with E-state index < -0.39 is 5.54 Å². The molecule has 12 heavy (non-hydrogen) atoms. The standard InChI is InChI=1S/C8H15N3O/c1-7(2,3)11-6(12)8(4,5)9-10-11/h1-5H3. The molecule has 1 amide bonds. The molecule has 0 aromatic carbocycles. The molecular formula is C8H15N3O. The Kier molecular flexibility index (Phi) is 1.74. The van der Waals surface area contributed by atoms with Crippen molar-refractivity contribution in [3.8, 4) is 0 Å². The molecule has 0 spiro atoms. The van der Waals surface area contributed by atoms with Crippen molar-refractivity contribution >= 4 is 5.91 Å². The van der Waals surface area contributed by atoms with Crippen LogP contribution in [-0.2, 0) is 4.79 Å². The fourth-order valence-electron chi connectivity index (χ4n) is 0.938. The van der Waals surface area contributed by atoms with E-state index in [4.69, 9.17) is 0 Å². The topological polar surface area (TPSA) is 45.0 Å². The zero-order chi connectivity index (χ0) is 9.57. The van der Waals surface area contributed by atoms with Crippen molar-refractivity contribution in [3.63, 3.8) is 0 Å². The van der Waals surface area contributed by atoms with Gasteiger partial charge in [0.15, 0.2) is 5.54 Å². The fraction of sp³-hybridized carbons (Fsp3) is 0.875. The Morgan fingerprint density at radius 3 is 2.00 bits per heavy atom. The Morgan fingerprint density at radius 1 is 1.33 bits per heavy atom. The van der Waals surface area contributed by atoms with Crippen LogP contribution in [-0.4, -0.2) is 22.0 Å². The Labute approximate surface area is 72.6 Å². The zero-order valence-corrected chi connectivity index (χ0v) is 8.25. The lowest BCUT2D eigenvalue weighted by molar-refractivity contribution is -0.136. The van der Waals surface area contributed by atoms with Crippen LogP contribution < -0.4 is 0 Å². The predicted molar refractivity (Wildman–Crippen MR) is 45.5 cm³/mol. The summed E-state index contributed by atoms with van der Waals surface area (Å²) in [5.41, 5.74) is -0.943. The molecule has 0 saturated heterocycles. The largest absolute Gasteiger partial charge is 0.273 e. The number of carbonyl (C=O) groups is 1. The number of amides is 1. The maximum Gasteiger partial charge on any atom is 0.273 e. The third kappa shape index (κ3) is 1.33. The molecule has 0 atom stereocenters. The summed E-state index contributed by atoms with van der Waals surface area (Å²) in [6, 6.07) is 0. The predicted octanol–water partition coefficient (Wildman–Crippen LogP) is 1.77. The third-order valence-corrected chi connectivity index (χ3v) is 1.74. The minimum Gasteiger partial charge on any atom is -0.270 e. The molecule has 0 N–H and O–H groups in total. The molecule has 0 aromatic rings.